The molecule has 0 spiro atoms. The van der Waals surface area contributed by atoms with Gasteiger partial charge >= 0.3 is 6.72 Å². The first kappa shape index (κ1) is 18.6. The third-order valence-electron chi connectivity index (χ3n) is 3.45. The van der Waals surface area contributed by atoms with Crippen LogP contribution in [0.4, 0.5) is 10.2 Å². The predicted octanol–water partition coefficient (Wildman–Crippen LogP) is 3.42. The van der Waals surface area contributed by atoms with Crippen molar-refractivity contribution in [2.75, 3.05) is 12.1 Å². The minimum absolute atomic E-state index is 0.203. The number of imidazole rings is 1. The maximum atomic E-state index is 12.9. The second kappa shape index (κ2) is 7.57. The zero-order chi connectivity index (χ0) is 18.7. The van der Waals surface area contributed by atoms with Crippen molar-refractivity contribution in [2.24, 2.45) is 0 Å². The topological polar surface area (TPSA) is 105 Å². The van der Waals surface area contributed by atoms with Crippen molar-refractivity contribution in [1.82, 2.24) is 19.5 Å². The van der Waals surface area contributed by atoms with Crippen molar-refractivity contribution >= 4 is 34.9 Å². The molecule has 0 saturated heterocycles. The van der Waals surface area contributed by atoms with Gasteiger partial charge in [-0.2, -0.15) is 0 Å². The number of nitrogen functional groups attached to an aromatic ring is 1. The van der Waals surface area contributed by atoms with E-state index in [0.717, 1.165) is 0 Å². The average molecular weight is 400 g/mol. The summed E-state index contributed by atoms with van der Waals surface area (Å²) in [7, 11) is 0. The first-order valence-electron chi connectivity index (χ1n) is 7.61. The van der Waals surface area contributed by atoms with Crippen LogP contribution < -0.4 is 10.3 Å². The van der Waals surface area contributed by atoms with Crippen LogP contribution in [-0.4, -0.2) is 32.0 Å². The molecular formula is C15H16ClFN5O3P. The molecule has 0 aliphatic carbocycles. The van der Waals surface area contributed by atoms with Crippen molar-refractivity contribution in [3.8, 4) is 5.75 Å². The van der Waals surface area contributed by atoms with E-state index in [0.29, 0.717) is 23.5 Å². The second-order valence-corrected chi connectivity index (χ2v) is 8.74. The van der Waals surface area contributed by atoms with E-state index in [4.69, 9.17) is 26.2 Å². The molecule has 2 atom stereocenters. The lowest BCUT2D eigenvalue weighted by molar-refractivity contribution is 0.0844. The van der Waals surface area contributed by atoms with Crippen LogP contribution in [0, 0.1) is 5.82 Å². The Morgan fingerprint density at radius 2 is 2.04 bits per heavy atom. The van der Waals surface area contributed by atoms with Gasteiger partial charge in [-0.15, -0.1) is 0 Å². The Bertz CT molecular complexity index is 952. The van der Waals surface area contributed by atoms with Crippen molar-refractivity contribution in [1.29, 1.82) is 0 Å². The van der Waals surface area contributed by atoms with Gasteiger partial charge in [0, 0.05) is 0 Å². The number of hydrogen-bond acceptors (Lipinski definition) is 7. The molecule has 0 bridgehead atoms. The minimum Gasteiger partial charge on any atom is -0.431 e. The highest BCUT2D eigenvalue weighted by molar-refractivity contribution is 7.85. The largest absolute Gasteiger partial charge is 0.431 e. The number of nitrogens with two attached hydrogens (primary N) is 1. The average Bonchev–Trinajstić information content (AvgIpc) is 3.00. The molecule has 3 aromatic rings. The molecule has 2 N–H and O–H groups in total. The molecule has 8 nitrogen and oxygen atoms in total. The molecule has 2 aromatic heterocycles. The van der Waals surface area contributed by atoms with E-state index in [9.17, 15) is 8.96 Å². The summed E-state index contributed by atoms with van der Waals surface area (Å²) in [4.78, 5) is 12.2. The van der Waals surface area contributed by atoms with Crippen LogP contribution in [0.3, 0.4) is 0 Å². The van der Waals surface area contributed by atoms with Gasteiger partial charge in [0.15, 0.2) is 11.5 Å². The van der Waals surface area contributed by atoms with Gasteiger partial charge in [0.05, 0.1) is 19.0 Å². The highest BCUT2D eigenvalue weighted by atomic mass is 35.7. The molecule has 0 amide bonds. The lowest BCUT2D eigenvalue weighted by Gasteiger charge is -2.17. The Morgan fingerprint density at radius 1 is 1.31 bits per heavy atom. The van der Waals surface area contributed by atoms with E-state index in [2.05, 4.69) is 15.0 Å². The highest BCUT2D eigenvalue weighted by Gasteiger charge is 2.23. The Labute approximate surface area is 153 Å². The lowest BCUT2D eigenvalue weighted by atomic mass is 10.3. The van der Waals surface area contributed by atoms with Gasteiger partial charge in [0.25, 0.3) is 0 Å². The number of rotatable bonds is 7. The minimum atomic E-state index is -3.57. The highest BCUT2D eigenvalue weighted by Crippen LogP contribution is 2.52. The maximum absolute atomic E-state index is 12.9. The van der Waals surface area contributed by atoms with Gasteiger partial charge < -0.3 is 19.6 Å². The van der Waals surface area contributed by atoms with E-state index < -0.39 is 12.5 Å². The molecule has 138 valence electrons. The molecule has 0 aliphatic rings. The van der Waals surface area contributed by atoms with Crippen LogP contribution in [0.1, 0.15) is 6.92 Å². The SMILES string of the molecule is CC(Cn1cnc2c(N)ncnc21)OCP(=O)(Cl)Oc1ccc(F)cc1. The Kier molecular flexibility index (Phi) is 5.41. The van der Waals surface area contributed by atoms with Crippen LogP contribution in [0.15, 0.2) is 36.9 Å². The number of ether oxygens (including phenoxy) is 1. The zero-order valence-electron chi connectivity index (χ0n) is 13.7. The summed E-state index contributed by atoms with van der Waals surface area (Å²) in [6.07, 6.45) is 2.26. The molecule has 0 fully saturated rings. The summed E-state index contributed by atoms with van der Waals surface area (Å²) in [6, 6.07) is 5.06. The number of halogens is 2. The Morgan fingerprint density at radius 3 is 2.77 bits per heavy atom. The molecule has 26 heavy (non-hydrogen) atoms. The van der Waals surface area contributed by atoms with Crippen LogP contribution in [-0.2, 0) is 15.8 Å². The summed E-state index contributed by atoms with van der Waals surface area (Å²) >= 11 is 5.91. The quantitative estimate of drug-likeness (QED) is 0.607. The number of benzene rings is 1. The van der Waals surface area contributed by atoms with Crippen molar-refractivity contribution in [2.45, 2.75) is 19.6 Å². The maximum Gasteiger partial charge on any atom is 0.361 e. The smallest absolute Gasteiger partial charge is 0.361 e. The van der Waals surface area contributed by atoms with Gasteiger partial charge in [0.2, 0.25) is 0 Å². The van der Waals surface area contributed by atoms with Crippen LogP contribution in [0.25, 0.3) is 11.2 Å². The van der Waals surface area contributed by atoms with Gasteiger partial charge in [-0.3, -0.25) is 4.57 Å². The van der Waals surface area contributed by atoms with E-state index in [-0.39, 0.29) is 18.2 Å². The van der Waals surface area contributed by atoms with Gasteiger partial charge in [-0.05, 0) is 42.4 Å². The standard InChI is InChI=1S/C15H16ClFN5O3P/c1-10(6-22-8-21-13-14(18)19-7-20-15(13)22)24-9-26(16,23)25-12-4-2-11(17)3-5-12/h2-5,7-8,10H,6,9H2,1H3,(H2,18,19,20). The van der Waals surface area contributed by atoms with Crippen molar-refractivity contribution in [3.63, 3.8) is 0 Å². The molecule has 3 rings (SSSR count). The fraction of sp³-hybridized carbons (Fsp3) is 0.267. The monoisotopic (exact) mass is 399 g/mol. The normalized spacial score (nSPS) is 14.9. The summed E-state index contributed by atoms with van der Waals surface area (Å²) in [5.74, 6) is 0.0673. The summed E-state index contributed by atoms with van der Waals surface area (Å²) in [5.41, 5.74) is 6.82. The predicted molar refractivity (Wildman–Crippen MR) is 95.6 cm³/mol. The number of aromatic nitrogens is 4. The first-order chi connectivity index (χ1) is 12.3. The summed E-state index contributed by atoms with van der Waals surface area (Å²) < 4.78 is 37.7. The lowest BCUT2D eigenvalue weighted by Crippen LogP contribution is -2.17. The van der Waals surface area contributed by atoms with Gasteiger partial charge in [-0.1, -0.05) is 0 Å². The van der Waals surface area contributed by atoms with Crippen LogP contribution >= 0.6 is 18.0 Å². The van der Waals surface area contributed by atoms with Gasteiger partial charge in [0.1, 0.15) is 29.8 Å². The molecule has 0 saturated carbocycles. The second-order valence-electron chi connectivity index (χ2n) is 5.57. The molecule has 1 aromatic carbocycles. The number of nitrogens with zero attached hydrogens (tertiary/aromatic N) is 4. The van der Waals surface area contributed by atoms with E-state index in [1.807, 2.05) is 0 Å². The molecule has 2 heterocycles. The van der Waals surface area contributed by atoms with Crippen LogP contribution in [0.5, 0.6) is 5.75 Å². The van der Waals surface area contributed by atoms with E-state index in [1.54, 1.807) is 17.8 Å². The molecular weight excluding hydrogens is 384 g/mol. The fourth-order valence-electron chi connectivity index (χ4n) is 2.26. The van der Waals surface area contributed by atoms with Crippen LogP contribution in [0.2, 0.25) is 0 Å². The summed E-state index contributed by atoms with van der Waals surface area (Å²) in [6.45, 7) is -1.40. The van der Waals surface area contributed by atoms with Crippen molar-refractivity contribution < 1.29 is 18.2 Å². The molecule has 2 unspecified atom stereocenters. The Balaban J connectivity index is 1.59. The number of fused-ring (bicyclic) bond motifs is 1. The van der Waals surface area contributed by atoms with E-state index in [1.165, 1.54) is 30.6 Å². The molecule has 0 radical (unpaired) electrons. The fourth-order valence-corrected chi connectivity index (χ4v) is 3.59. The summed E-state index contributed by atoms with van der Waals surface area (Å²) in [5, 5.41) is 0. The number of anilines is 1. The third-order valence-corrected chi connectivity index (χ3v) is 4.89. The Hall–Kier alpha value is -2.22. The molecule has 11 heteroatoms. The first-order valence-corrected chi connectivity index (χ1v) is 10.3. The third kappa shape index (κ3) is 4.49. The van der Waals surface area contributed by atoms with Gasteiger partial charge in [-0.25, -0.2) is 19.3 Å². The van der Waals surface area contributed by atoms with Crippen molar-refractivity contribution in [3.05, 3.63) is 42.7 Å². The number of hydrogen-bond donors (Lipinski definition) is 1. The molecule has 0 aliphatic heterocycles. The van der Waals surface area contributed by atoms with E-state index >= 15 is 0 Å². The zero-order valence-corrected chi connectivity index (χ0v) is 15.4.